The Labute approximate surface area is 129 Å². The maximum absolute atomic E-state index is 10.6. The van der Waals surface area contributed by atoms with E-state index in [9.17, 15) is 10.1 Å². The molecular formula is C13H12BrN3O2S. The van der Waals surface area contributed by atoms with E-state index < -0.39 is 4.92 Å². The van der Waals surface area contributed by atoms with Crippen LogP contribution in [0.25, 0.3) is 0 Å². The molecule has 20 heavy (non-hydrogen) atoms. The summed E-state index contributed by atoms with van der Waals surface area (Å²) in [5, 5.41) is 13.8. The first kappa shape index (κ1) is 14.8. The van der Waals surface area contributed by atoms with Crippen molar-refractivity contribution in [2.45, 2.75) is 4.90 Å². The van der Waals surface area contributed by atoms with Gasteiger partial charge in [0.25, 0.3) is 5.69 Å². The SMILES string of the molecule is O=[N+]([O-])c1cnc(NCCSc2ccccc2)c(Br)c1. The molecule has 0 radical (unpaired) electrons. The molecule has 0 fully saturated rings. The molecule has 0 spiro atoms. The number of benzene rings is 1. The molecule has 1 N–H and O–H groups in total. The van der Waals surface area contributed by atoms with Gasteiger partial charge >= 0.3 is 0 Å². The Morgan fingerprint density at radius 3 is 2.75 bits per heavy atom. The molecule has 0 unspecified atom stereocenters. The molecule has 104 valence electrons. The van der Waals surface area contributed by atoms with Crippen molar-refractivity contribution in [2.75, 3.05) is 17.6 Å². The highest BCUT2D eigenvalue weighted by Gasteiger charge is 2.09. The Hall–Kier alpha value is -1.60. The van der Waals surface area contributed by atoms with Crippen LogP contribution in [0.5, 0.6) is 0 Å². The molecule has 0 amide bonds. The highest BCUT2D eigenvalue weighted by molar-refractivity contribution is 9.10. The number of aromatic nitrogens is 1. The van der Waals surface area contributed by atoms with Crippen LogP contribution >= 0.6 is 27.7 Å². The third-order valence-corrected chi connectivity index (χ3v) is 4.06. The standard InChI is InChI=1S/C13H12BrN3O2S/c14-12-8-10(17(18)19)9-16-13(12)15-6-7-20-11-4-2-1-3-5-11/h1-5,8-9H,6-7H2,(H,15,16). The van der Waals surface area contributed by atoms with Crippen molar-refractivity contribution in [1.29, 1.82) is 0 Å². The lowest BCUT2D eigenvalue weighted by Gasteiger charge is -2.07. The normalized spacial score (nSPS) is 10.2. The summed E-state index contributed by atoms with van der Waals surface area (Å²) in [7, 11) is 0. The average molecular weight is 354 g/mol. The summed E-state index contributed by atoms with van der Waals surface area (Å²) in [5.41, 5.74) is -0.0268. The lowest BCUT2D eigenvalue weighted by atomic mass is 10.4. The van der Waals surface area contributed by atoms with E-state index in [1.807, 2.05) is 18.2 Å². The van der Waals surface area contributed by atoms with Crippen molar-refractivity contribution >= 4 is 39.2 Å². The summed E-state index contributed by atoms with van der Waals surface area (Å²) < 4.78 is 0.594. The second-order valence-corrected chi connectivity index (χ2v) is 5.89. The Bertz CT molecular complexity index is 595. The molecule has 0 saturated heterocycles. The fourth-order valence-corrected chi connectivity index (χ4v) is 2.78. The fraction of sp³-hybridized carbons (Fsp3) is 0.154. The zero-order chi connectivity index (χ0) is 14.4. The van der Waals surface area contributed by atoms with Crippen molar-refractivity contribution < 1.29 is 4.92 Å². The van der Waals surface area contributed by atoms with Gasteiger partial charge in [0, 0.05) is 23.3 Å². The molecule has 7 heteroatoms. The van der Waals surface area contributed by atoms with Gasteiger partial charge in [0.15, 0.2) is 0 Å². The van der Waals surface area contributed by atoms with Crippen molar-refractivity contribution in [3.63, 3.8) is 0 Å². The first-order valence-corrected chi connectivity index (χ1v) is 7.66. The molecule has 0 aliphatic rings. The highest BCUT2D eigenvalue weighted by atomic mass is 79.9. The van der Waals surface area contributed by atoms with Gasteiger partial charge in [-0.2, -0.15) is 0 Å². The van der Waals surface area contributed by atoms with Gasteiger partial charge < -0.3 is 5.32 Å². The van der Waals surface area contributed by atoms with Gasteiger partial charge in [0.2, 0.25) is 0 Å². The van der Waals surface area contributed by atoms with Gasteiger partial charge in [-0.3, -0.25) is 10.1 Å². The molecule has 5 nitrogen and oxygen atoms in total. The van der Waals surface area contributed by atoms with Gasteiger partial charge in [-0.05, 0) is 28.1 Å². The average Bonchev–Trinajstić information content (AvgIpc) is 2.46. The number of nitrogens with one attached hydrogen (secondary N) is 1. The molecule has 0 bridgehead atoms. The Balaban J connectivity index is 1.84. The molecule has 0 saturated carbocycles. The van der Waals surface area contributed by atoms with Gasteiger partial charge in [-0.1, -0.05) is 18.2 Å². The van der Waals surface area contributed by atoms with Crippen LogP contribution in [0, 0.1) is 10.1 Å². The van der Waals surface area contributed by atoms with Crippen molar-refractivity contribution in [3.8, 4) is 0 Å². The molecule has 0 aliphatic heterocycles. The first-order valence-electron chi connectivity index (χ1n) is 5.88. The number of hydrogen-bond donors (Lipinski definition) is 1. The van der Waals surface area contributed by atoms with Crippen LogP contribution in [-0.2, 0) is 0 Å². The number of rotatable bonds is 6. The minimum absolute atomic E-state index is 0.0268. The van der Waals surface area contributed by atoms with Crippen molar-refractivity contribution in [1.82, 2.24) is 4.98 Å². The topological polar surface area (TPSA) is 68.1 Å². The summed E-state index contributed by atoms with van der Waals surface area (Å²) in [6, 6.07) is 11.6. The molecular weight excluding hydrogens is 342 g/mol. The summed E-state index contributed by atoms with van der Waals surface area (Å²) in [4.78, 5) is 15.4. The monoisotopic (exact) mass is 353 g/mol. The second-order valence-electron chi connectivity index (χ2n) is 3.87. The number of hydrogen-bond acceptors (Lipinski definition) is 5. The van der Waals surface area contributed by atoms with Gasteiger partial charge in [-0.15, -0.1) is 11.8 Å². The minimum atomic E-state index is -0.465. The zero-order valence-corrected chi connectivity index (χ0v) is 12.9. The molecule has 1 aromatic carbocycles. The lowest BCUT2D eigenvalue weighted by molar-refractivity contribution is -0.385. The number of nitrogens with zero attached hydrogens (tertiary/aromatic N) is 2. The maximum Gasteiger partial charge on any atom is 0.288 e. The maximum atomic E-state index is 10.6. The van der Waals surface area contributed by atoms with Crippen LogP contribution < -0.4 is 5.32 Å². The quantitative estimate of drug-likeness (QED) is 0.368. The Morgan fingerprint density at radius 1 is 1.35 bits per heavy atom. The van der Waals surface area contributed by atoms with Gasteiger partial charge in [-0.25, -0.2) is 4.98 Å². The molecule has 0 aliphatic carbocycles. The molecule has 0 atom stereocenters. The van der Waals surface area contributed by atoms with E-state index in [-0.39, 0.29) is 5.69 Å². The predicted octanol–water partition coefficient (Wildman–Crippen LogP) is 3.96. The molecule has 1 heterocycles. The lowest BCUT2D eigenvalue weighted by Crippen LogP contribution is -2.06. The highest BCUT2D eigenvalue weighted by Crippen LogP contribution is 2.24. The number of pyridine rings is 1. The van der Waals surface area contributed by atoms with Crippen LogP contribution in [0.4, 0.5) is 11.5 Å². The first-order chi connectivity index (χ1) is 9.66. The van der Waals surface area contributed by atoms with Crippen LogP contribution in [0.15, 0.2) is 52.0 Å². The molecule has 2 aromatic rings. The fourth-order valence-electron chi connectivity index (χ4n) is 1.51. The summed E-state index contributed by atoms with van der Waals surface area (Å²) in [5.74, 6) is 1.50. The van der Waals surface area contributed by atoms with E-state index >= 15 is 0 Å². The third kappa shape index (κ3) is 4.21. The van der Waals surface area contributed by atoms with Crippen LogP contribution in [0.2, 0.25) is 0 Å². The summed E-state index contributed by atoms with van der Waals surface area (Å²) in [6.07, 6.45) is 1.25. The number of thioether (sulfide) groups is 1. The molecule has 1 aromatic heterocycles. The van der Waals surface area contributed by atoms with E-state index in [0.29, 0.717) is 10.3 Å². The van der Waals surface area contributed by atoms with E-state index in [0.717, 1.165) is 12.3 Å². The predicted molar refractivity (Wildman–Crippen MR) is 84.2 cm³/mol. The number of nitro groups is 1. The van der Waals surface area contributed by atoms with Gasteiger partial charge in [0.1, 0.15) is 12.0 Å². The molecule has 2 rings (SSSR count). The Kier molecular flexibility index (Phi) is 5.37. The van der Waals surface area contributed by atoms with E-state index in [4.69, 9.17) is 0 Å². The van der Waals surface area contributed by atoms with Crippen molar-refractivity contribution in [2.24, 2.45) is 0 Å². The van der Waals surface area contributed by atoms with E-state index in [2.05, 4.69) is 38.4 Å². The number of anilines is 1. The van der Waals surface area contributed by atoms with Crippen LogP contribution in [0.3, 0.4) is 0 Å². The largest absolute Gasteiger partial charge is 0.368 e. The van der Waals surface area contributed by atoms with E-state index in [1.54, 1.807) is 11.8 Å². The van der Waals surface area contributed by atoms with Crippen LogP contribution in [-0.4, -0.2) is 22.2 Å². The van der Waals surface area contributed by atoms with Gasteiger partial charge in [0.05, 0.1) is 9.40 Å². The minimum Gasteiger partial charge on any atom is -0.368 e. The number of halogens is 1. The van der Waals surface area contributed by atoms with Crippen molar-refractivity contribution in [3.05, 3.63) is 57.2 Å². The second kappa shape index (κ2) is 7.25. The Morgan fingerprint density at radius 2 is 2.10 bits per heavy atom. The zero-order valence-electron chi connectivity index (χ0n) is 10.5. The third-order valence-electron chi connectivity index (χ3n) is 2.44. The van der Waals surface area contributed by atoms with E-state index in [1.165, 1.54) is 17.2 Å². The summed E-state index contributed by atoms with van der Waals surface area (Å²) >= 11 is 5.02. The van der Waals surface area contributed by atoms with Crippen LogP contribution in [0.1, 0.15) is 0 Å². The smallest absolute Gasteiger partial charge is 0.288 e. The summed E-state index contributed by atoms with van der Waals surface area (Å²) in [6.45, 7) is 0.725.